The summed E-state index contributed by atoms with van der Waals surface area (Å²) in [6.07, 6.45) is -4.44. The molecule has 0 fully saturated rings. The Morgan fingerprint density at radius 2 is 1.61 bits per heavy atom. The van der Waals surface area contributed by atoms with E-state index in [1.165, 1.54) is 19.2 Å². The number of halogens is 5. The van der Waals surface area contributed by atoms with Crippen molar-refractivity contribution in [2.45, 2.75) is 12.7 Å². The normalized spacial score (nSPS) is 11.4. The second-order valence-electron chi connectivity index (χ2n) is 4.86. The third-order valence-electron chi connectivity index (χ3n) is 3.06. The molecule has 23 heavy (non-hydrogen) atoms. The third kappa shape index (κ3) is 4.24. The first kappa shape index (κ1) is 16.9. The van der Waals surface area contributed by atoms with Crippen LogP contribution >= 0.6 is 0 Å². The number of carbonyl (C=O) groups is 1. The van der Waals surface area contributed by atoms with Gasteiger partial charge in [-0.15, -0.1) is 0 Å². The minimum atomic E-state index is -4.44. The summed E-state index contributed by atoms with van der Waals surface area (Å²) in [4.78, 5) is 16.1. The highest BCUT2D eigenvalue weighted by Crippen LogP contribution is 2.29. The van der Waals surface area contributed by atoms with Gasteiger partial charge in [-0.3, -0.25) is 4.79 Å². The van der Waals surface area contributed by atoms with Gasteiger partial charge in [0.25, 0.3) is 5.91 Å². The molecule has 2 aromatic rings. The van der Waals surface area contributed by atoms with Crippen LogP contribution in [0, 0.1) is 11.9 Å². The third-order valence-corrected chi connectivity index (χ3v) is 3.06. The molecule has 1 aromatic heterocycles. The fourth-order valence-corrected chi connectivity index (χ4v) is 1.95. The van der Waals surface area contributed by atoms with Crippen molar-refractivity contribution in [2.24, 2.45) is 0 Å². The van der Waals surface area contributed by atoms with Gasteiger partial charge in [-0.25, -0.2) is 0 Å². The molecule has 8 heteroatoms. The van der Waals surface area contributed by atoms with Gasteiger partial charge in [-0.05, 0) is 17.7 Å². The number of nitrogens with zero attached hydrogens (tertiary/aromatic N) is 2. The zero-order valence-electron chi connectivity index (χ0n) is 11.9. The van der Waals surface area contributed by atoms with Gasteiger partial charge < -0.3 is 4.90 Å². The van der Waals surface area contributed by atoms with Crippen molar-refractivity contribution in [3.8, 4) is 0 Å². The Morgan fingerprint density at radius 3 is 2.09 bits per heavy atom. The summed E-state index contributed by atoms with van der Waals surface area (Å²) in [6.45, 7) is -0.0114. The molecule has 0 aliphatic carbocycles. The second-order valence-corrected chi connectivity index (χ2v) is 4.86. The van der Waals surface area contributed by atoms with Crippen LogP contribution in [0.5, 0.6) is 0 Å². The average Bonchev–Trinajstić information content (AvgIpc) is 2.45. The van der Waals surface area contributed by atoms with Gasteiger partial charge >= 0.3 is 6.18 Å². The lowest BCUT2D eigenvalue weighted by molar-refractivity contribution is -0.137. The Bertz CT molecular complexity index is 693. The first-order valence-corrected chi connectivity index (χ1v) is 6.41. The predicted molar refractivity (Wildman–Crippen MR) is 71.4 cm³/mol. The lowest BCUT2D eigenvalue weighted by Gasteiger charge is -2.18. The highest BCUT2D eigenvalue weighted by Gasteiger charge is 2.30. The van der Waals surface area contributed by atoms with Gasteiger partial charge in [0.05, 0.1) is 5.56 Å². The van der Waals surface area contributed by atoms with Crippen LogP contribution < -0.4 is 0 Å². The molecule has 122 valence electrons. The van der Waals surface area contributed by atoms with Crippen LogP contribution in [0.2, 0.25) is 0 Å². The maximum absolute atomic E-state index is 13.0. The van der Waals surface area contributed by atoms with Crippen molar-refractivity contribution in [1.82, 2.24) is 9.88 Å². The lowest BCUT2D eigenvalue weighted by atomic mass is 10.1. The van der Waals surface area contributed by atoms with Crippen molar-refractivity contribution in [3.05, 3.63) is 65.0 Å². The molecule has 1 amide bonds. The Hall–Kier alpha value is -2.51. The smallest absolute Gasteiger partial charge is 0.337 e. The standard InChI is InChI=1S/C15H11F5N2O/c1-22(14(23)10-6-12(16)21-13(17)7-10)8-9-2-4-11(5-3-9)15(18,19)20/h2-7H,8H2,1H3. The molecular formula is C15H11F5N2O. The highest BCUT2D eigenvalue weighted by molar-refractivity contribution is 5.93. The number of benzene rings is 1. The van der Waals surface area contributed by atoms with Crippen molar-refractivity contribution in [3.63, 3.8) is 0 Å². The number of hydrogen-bond acceptors (Lipinski definition) is 2. The van der Waals surface area contributed by atoms with E-state index in [1.807, 2.05) is 0 Å². The summed E-state index contributed by atoms with van der Waals surface area (Å²) in [6, 6.07) is 5.85. The maximum Gasteiger partial charge on any atom is 0.416 e. The van der Waals surface area contributed by atoms with Crippen molar-refractivity contribution in [2.75, 3.05) is 7.05 Å². The summed E-state index contributed by atoms with van der Waals surface area (Å²) in [7, 11) is 1.37. The van der Waals surface area contributed by atoms with Gasteiger partial charge in [0, 0.05) is 31.3 Å². The van der Waals surface area contributed by atoms with E-state index in [1.54, 1.807) is 0 Å². The van der Waals surface area contributed by atoms with Crippen LogP contribution in [-0.2, 0) is 12.7 Å². The highest BCUT2D eigenvalue weighted by atomic mass is 19.4. The Balaban J connectivity index is 2.12. The number of alkyl halides is 3. The molecule has 0 aliphatic rings. The molecule has 0 saturated heterocycles. The predicted octanol–water partition coefficient (Wildman–Crippen LogP) is 3.65. The van der Waals surface area contributed by atoms with E-state index < -0.39 is 29.5 Å². The van der Waals surface area contributed by atoms with Gasteiger partial charge in [-0.1, -0.05) is 12.1 Å². The van der Waals surface area contributed by atoms with E-state index in [-0.39, 0.29) is 12.1 Å². The molecule has 0 spiro atoms. The van der Waals surface area contributed by atoms with E-state index in [4.69, 9.17) is 0 Å². The maximum atomic E-state index is 13.0. The summed E-state index contributed by atoms with van der Waals surface area (Å²) in [5, 5.41) is 0. The van der Waals surface area contributed by atoms with Crippen molar-refractivity contribution in [1.29, 1.82) is 0 Å². The largest absolute Gasteiger partial charge is 0.416 e. The number of carbonyl (C=O) groups excluding carboxylic acids is 1. The van der Waals surface area contributed by atoms with Crippen LogP contribution in [0.25, 0.3) is 0 Å². The van der Waals surface area contributed by atoms with Gasteiger partial charge in [0.1, 0.15) is 0 Å². The molecule has 2 rings (SSSR count). The van der Waals surface area contributed by atoms with Crippen LogP contribution in [0.15, 0.2) is 36.4 Å². The molecule has 0 radical (unpaired) electrons. The minimum Gasteiger partial charge on any atom is -0.337 e. The van der Waals surface area contributed by atoms with Gasteiger partial charge in [0.15, 0.2) is 0 Å². The Labute approximate surface area is 128 Å². The molecule has 1 aromatic carbocycles. The van der Waals surface area contributed by atoms with Crippen molar-refractivity contribution >= 4 is 5.91 Å². The average molecular weight is 330 g/mol. The van der Waals surface area contributed by atoms with Crippen molar-refractivity contribution < 1.29 is 26.7 Å². The molecule has 1 heterocycles. The van der Waals surface area contributed by atoms with E-state index in [0.717, 1.165) is 29.2 Å². The fraction of sp³-hybridized carbons (Fsp3) is 0.200. The molecule has 3 nitrogen and oxygen atoms in total. The van der Waals surface area contributed by atoms with E-state index in [9.17, 15) is 26.7 Å². The monoisotopic (exact) mass is 330 g/mol. The molecule has 0 saturated carbocycles. The lowest BCUT2D eigenvalue weighted by Crippen LogP contribution is -2.26. The van der Waals surface area contributed by atoms with Crippen LogP contribution in [0.3, 0.4) is 0 Å². The van der Waals surface area contributed by atoms with Crippen LogP contribution in [0.1, 0.15) is 21.5 Å². The Kier molecular flexibility index (Phi) is 4.63. The molecule has 0 aliphatic heterocycles. The zero-order chi connectivity index (χ0) is 17.2. The fourth-order valence-electron chi connectivity index (χ4n) is 1.95. The Morgan fingerprint density at radius 1 is 1.09 bits per heavy atom. The molecule has 0 atom stereocenters. The van der Waals surface area contributed by atoms with Crippen LogP contribution in [-0.4, -0.2) is 22.8 Å². The minimum absolute atomic E-state index is 0.0114. The van der Waals surface area contributed by atoms with Crippen LogP contribution in [0.4, 0.5) is 22.0 Å². The SMILES string of the molecule is CN(Cc1ccc(C(F)(F)F)cc1)C(=O)c1cc(F)nc(F)c1. The van der Waals surface area contributed by atoms with Gasteiger partial charge in [0.2, 0.25) is 11.9 Å². The second kappa shape index (κ2) is 6.31. The molecular weight excluding hydrogens is 319 g/mol. The first-order valence-electron chi connectivity index (χ1n) is 6.41. The number of rotatable bonds is 3. The molecule has 0 N–H and O–H groups in total. The number of amides is 1. The van der Waals surface area contributed by atoms with E-state index >= 15 is 0 Å². The number of hydrogen-bond donors (Lipinski definition) is 0. The number of aromatic nitrogens is 1. The van der Waals surface area contributed by atoms with E-state index in [0.29, 0.717) is 5.56 Å². The quantitative estimate of drug-likeness (QED) is 0.636. The first-order chi connectivity index (χ1) is 10.7. The summed E-state index contributed by atoms with van der Waals surface area (Å²) in [5.74, 6) is -2.93. The summed E-state index contributed by atoms with van der Waals surface area (Å²) < 4.78 is 63.4. The van der Waals surface area contributed by atoms with Gasteiger partial charge in [-0.2, -0.15) is 26.9 Å². The summed E-state index contributed by atoms with van der Waals surface area (Å²) in [5.41, 5.74) is -0.582. The zero-order valence-corrected chi connectivity index (χ0v) is 11.9. The number of pyridine rings is 1. The van der Waals surface area contributed by atoms with E-state index in [2.05, 4.69) is 4.98 Å². The molecule has 0 unspecified atom stereocenters. The topological polar surface area (TPSA) is 33.2 Å². The summed E-state index contributed by atoms with van der Waals surface area (Å²) >= 11 is 0. The molecule has 0 bridgehead atoms.